The molecule has 1 aliphatic rings. The van der Waals surface area contributed by atoms with E-state index in [0.29, 0.717) is 47.1 Å². The van der Waals surface area contributed by atoms with E-state index in [4.69, 9.17) is 11.6 Å². The number of carbonyl (C=O) groups is 2. The Hall–Kier alpha value is -3.98. The van der Waals surface area contributed by atoms with Gasteiger partial charge in [-0.3, -0.25) is 14.5 Å². The number of aryl methyl sites for hydroxylation is 1. The monoisotopic (exact) mass is 479 g/mol. The number of nitrogens with zero attached hydrogens (tertiary/aromatic N) is 4. The van der Waals surface area contributed by atoms with Gasteiger partial charge in [-0.25, -0.2) is 19.2 Å². The van der Waals surface area contributed by atoms with Gasteiger partial charge in [0.25, 0.3) is 5.91 Å². The summed E-state index contributed by atoms with van der Waals surface area (Å²) < 4.78 is 21.1. The first kappa shape index (κ1) is 21.8. The molecule has 172 valence electrons. The number of halogens is 2. The number of aromatic nitrogens is 3. The van der Waals surface area contributed by atoms with E-state index in [-0.39, 0.29) is 11.6 Å². The van der Waals surface area contributed by atoms with Gasteiger partial charge in [0.2, 0.25) is 0 Å². The normalized spacial score (nSPS) is 13.0. The van der Waals surface area contributed by atoms with E-state index >= 15 is 0 Å². The molecule has 1 aromatic carbocycles. The third-order valence-corrected chi connectivity index (χ3v) is 5.90. The summed E-state index contributed by atoms with van der Waals surface area (Å²) in [4.78, 5) is 34.9. The third-order valence-electron chi connectivity index (χ3n) is 5.68. The van der Waals surface area contributed by atoms with E-state index in [9.17, 15) is 14.0 Å². The van der Waals surface area contributed by atoms with Crippen LogP contribution in [0.15, 0.2) is 55.0 Å². The topological polar surface area (TPSA) is 88.8 Å². The van der Waals surface area contributed by atoms with Crippen LogP contribution < -0.4 is 10.2 Å². The molecule has 0 aliphatic carbocycles. The van der Waals surface area contributed by atoms with Gasteiger partial charge in [0.05, 0.1) is 30.3 Å². The molecule has 0 atom stereocenters. The lowest BCUT2D eigenvalue weighted by atomic mass is 10.0. The van der Waals surface area contributed by atoms with Crippen LogP contribution in [-0.2, 0) is 11.2 Å². The van der Waals surface area contributed by atoms with Gasteiger partial charge in [0.15, 0.2) is 0 Å². The van der Waals surface area contributed by atoms with Gasteiger partial charge < -0.3 is 9.64 Å². The van der Waals surface area contributed by atoms with Gasteiger partial charge in [0, 0.05) is 29.5 Å². The van der Waals surface area contributed by atoms with Crippen molar-refractivity contribution in [1.82, 2.24) is 14.4 Å². The van der Waals surface area contributed by atoms with Crippen LogP contribution in [0, 0.1) is 5.82 Å². The molecule has 0 saturated carbocycles. The van der Waals surface area contributed by atoms with Gasteiger partial charge in [-0.2, -0.15) is 0 Å². The summed E-state index contributed by atoms with van der Waals surface area (Å²) in [5.74, 6) is -0.475. The first-order chi connectivity index (χ1) is 16.4. The number of imidazole rings is 1. The van der Waals surface area contributed by atoms with Gasteiger partial charge in [-0.05, 0) is 54.8 Å². The molecule has 0 radical (unpaired) electrons. The number of benzene rings is 1. The number of rotatable bonds is 3. The second kappa shape index (κ2) is 8.75. The molecule has 0 saturated heterocycles. The Balaban J connectivity index is 1.49. The molecule has 5 rings (SSSR count). The van der Waals surface area contributed by atoms with Crippen molar-refractivity contribution in [1.29, 1.82) is 0 Å². The molecule has 0 bridgehead atoms. The Labute approximate surface area is 199 Å². The average molecular weight is 480 g/mol. The largest absolute Gasteiger partial charge is 0.453 e. The summed E-state index contributed by atoms with van der Waals surface area (Å²) in [6, 6.07) is 9.77. The Morgan fingerprint density at radius 3 is 2.76 bits per heavy atom. The van der Waals surface area contributed by atoms with Crippen molar-refractivity contribution < 1.29 is 18.7 Å². The maximum Gasteiger partial charge on any atom is 0.412 e. The van der Waals surface area contributed by atoms with E-state index in [1.54, 1.807) is 53.3 Å². The summed E-state index contributed by atoms with van der Waals surface area (Å²) >= 11 is 6.01. The number of fused-ring (bicyclic) bond motifs is 2. The molecular weight excluding hydrogens is 461 g/mol. The van der Waals surface area contributed by atoms with Crippen LogP contribution in [0.1, 0.15) is 22.3 Å². The number of hydrogen-bond donors (Lipinski definition) is 1. The summed E-state index contributed by atoms with van der Waals surface area (Å²) in [5, 5.41) is 2.81. The molecular formula is C24H19ClFN5O3. The number of hydrogen-bond acceptors (Lipinski definition) is 5. The molecule has 4 aromatic rings. The van der Waals surface area contributed by atoms with E-state index < -0.39 is 11.9 Å². The summed E-state index contributed by atoms with van der Waals surface area (Å²) in [6.45, 7) is 0.414. The maximum atomic E-state index is 14.7. The van der Waals surface area contributed by atoms with Crippen LogP contribution in [0.2, 0.25) is 5.02 Å². The molecule has 0 spiro atoms. The van der Waals surface area contributed by atoms with Crippen molar-refractivity contribution in [3.05, 3.63) is 77.0 Å². The lowest BCUT2D eigenvalue weighted by molar-refractivity contribution is 0.0983. The highest BCUT2D eigenvalue weighted by Gasteiger charge is 2.27. The van der Waals surface area contributed by atoms with Crippen molar-refractivity contribution in [2.24, 2.45) is 0 Å². The molecule has 10 heteroatoms. The van der Waals surface area contributed by atoms with Gasteiger partial charge in [0.1, 0.15) is 17.3 Å². The fraction of sp³-hybridized carbons (Fsp3) is 0.167. The molecule has 3 aromatic heterocycles. The molecule has 2 amide bonds. The number of ether oxygens (including phenoxy) is 1. The minimum Gasteiger partial charge on any atom is -0.453 e. The number of anilines is 2. The highest BCUT2D eigenvalue weighted by Crippen LogP contribution is 2.34. The highest BCUT2D eigenvalue weighted by molar-refractivity contribution is 6.30. The standard InChI is InChI=1S/C24H19ClFN5O3/c1-34-24(33)29-20-6-4-15(11-27-20)19-12-28-21-7-5-16(13-31(19)21)23(32)30-8-2-3-14-9-17(25)10-18(26)22(14)30/h4-7,9-13H,2-3,8H2,1H3,(H,27,29,33). The predicted octanol–water partition coefficient (Wildman–Crippen LogP) is 4.96. The van der Waals surface area contributed by atoms with E-state index in [2.05, 4.69) is 20.0 Å². The molecule has 0 unspecified atom stereocenters. The van der Waals surface area contributed by atoms with E-state index in [0.717, 1.165) is 11.1 Å². The molecule has 4 heterocycles. The summed E-state index contributed by atoms with van der Waals surface area (Å²) in [6.07, 6.45) is 5.71. The average Bonchev–Trinajstić information content (AvgIpc) is 3.26. The summed E-state index contributed by atoms with van der Waals surface area (Å²) in [5.41, 5.74) is 3.48. The number of amides is 2. The van der Waals surface area contributed by atoms with Crippen LogP contribution in [0.3, 0.4) is 0 Å². The Morgan fingerprint density at radius 2 is 2.00 bits per heavy atom. The zero-order chi connectivity index (χ0) is 23.8. The van der Waals surface area contributed by atoms with Crippen molar-refractivity contribution >= 4 is 40.8 Å². The molecule has 34 heavy (non-hydrogen) atoms. The lowest BCUT2D eigenvalue weighted by Crippen LogP contribution is -2.36. The van der Waals surface area contributed by atoms with Crippen LogP contribution in [0.25, 0.3) is 16.9 Å². The smallest absolute Gasteiger partial charge is 0.412 e. The Morgan fingerprint density at radius 1 is 1.15 bits per heavy atom. The lowest BCUT2D eigenvalue weighted by Gasteiger charge is -2.30. The van der Waals surface area contributed by atoms with Crippen molar-refractivity contribution in [2.45, 2.75) is 12.8 Å². The highest BCUT2D eigenvalue weighted by atomic mass is 35.5. The molecule has 0 fully saturated rings. The van der Waals surface area contributed by atoms with E-state index in [1.807, 2.05) is 0 Å². The van der Waals surface area contributed by atoms with E-state index in [1.165, 1.54) is 18.1 Å². The van der Waals surface area contributed by atoms with Crippen LogP contribution in [0.5, 0.6) is 0 Å². The predicted molar refractivity (Wildman–Crippen MR) is 126 cm³/mol. The maximum absolute atomic E-state index is 14.7. The second-order valence-electron chi connectivity index (χ2n) is 7.79. The van der Waals surface area contributed by atoms with Crippen molar-refractivity contribution in [2.75, 3.05) is 23.9 Å². The van der Waals surface area contributed by atoms with Gasteiger partial charge >= 0.3 is 6.09 Å². The minimum absolute atomic E-state index is 0.282. The first-order valence-corrected chi connectivity index (χ1v) is 10.9. The van der Waals surface area contributed by atoms with Crippen LogP contribution in [0.4, 0.5) is 20.7 Å². The summed E-state index contributed by atoms with van der Waals surface area (Å²) in [7, 11) is 1.27. The fourth-order valence-corrected chi connectivity index (χ4v) is 4.33. The zero-order valence-electron chi connectivity index (χ0n) is 18.1. The molecule has 1 N–H and O–H groups in total. The Bertz CT molecular complexity index is 1420. The fourth-order valence-electron chi connectivity index (χ4n) is 4.11. The SMILES string of the molecule is COC(=O)Nc1ccc(-c2cnc3ccc(C(=O)N4CCCc5cc(Cl)cc(F)c54)cn23)cn1. The number of methoxy groups -OCH3 is 1. The number of nitrogens with one attached hydrogen (secondary N) is 1. The van der Waals surface area contributed by atoms with Crippen LogP contribution >= 0.6 is 11.6 Å². The van der Waals surface area contributed by atoms with Gasteiger partial charge in [-0.1, -0.05) is 11.6 Å². The number of pyridine rings is 2. The molecule has 8 nitrogen and oxygen atoms in total. The second-order valence-corrected chi connectivity index (χ2v) is 8.23. The van der Waals surface area contributed by atoms with Gasteiger partial charge in [-0.15, -0.1) is 0 Å². The first-order valence-electron chi connectivity index (χ1n) is 10.5. The van der Waals surface area contributed by atoms with Crippen LogP contribution in [-0.4, -0.2) is 40.0 Å². The van der Waals surface area contributed by atoms with Crippen molar-refractivity contribution in [3.8, 4) is 11.3 Å². The third kappa shape index (κ3) is 3.94. The minimum atomic E-state index is -0.615. The van der Waals surface area contributed by atoms with Crippen molar-refractivity contribution in [3.63, 3.8) is 0 Å². The number of carbonyl (C=O) groups excluding carboxylic acids is 2. The zero-order valence-corrected chi connectivity index (χ0v) is 18.8. The molecule has 1 aliphatic heterocycles. The quantitative estimate of drug-likeness (QED) is 0.448. The Kier molecular flexibility index (Phi) is 5.62.